The minimum atomic E-state index is 0.198. The van der Waals surface area contributed by atoms with Gasteiger partial charge in [-0.3, -0.25) is 4.79 Å². The van der Waals surface area contributed by atoms with E-state index in [1.165, 1.54) is 31.2 Å². The Bertz CT molecular complexity index is 361. The van der Waals surface area contributed by atoms with Crippen molar-refractivity contribution in [3.8, 4) is 0 Å². The zero-order valence-electron chi connectivity index (χ0n) is 13.0. The number of carbonyl (C=O) groups excluding carboxylic acids is 1. The molecule has 0 spiro atoms. The first kappa shape index (κ1) is 16.7. The second kappa shape index (κ2) is 10.5. The Hall–Kier alpha value is -1.31. The van der Waals surface area contributed by atoms with Gasteiger partial charge in [0.05, 0.1) is 0 Å². The number of rotatable bonds is 10. The summed E-state index contributed by atoms with van der Waals surface area (Å²) in [6.45, 7) is 4.33. The summed E-state index contributed by atoms with van der Waals surface area (Å²) in [5.41, 5.74) is 1.31. The molecule has 0 saturated carbocycles. The molecule has 1 aromatic carbocycles. The molecule has 112 valence electrons. The Morgan fingerprint density at radius 3 is 2.55 bits per heavy atom. The third-order valence-electron chi connectivity index (χ3n) is 3.61. The van der Waals surface area contributed by atoms with Crippen molar-refractivity contribution in [1.82, 2.24) is 5.32 Å². The van der Waals surface area contributed by atoms with Crippen LogP contribution in [0.3, 0.4) is 0 Å². The first-order chi connectivity index (χ1) is 9.72. The van der Waals surface area contributed by atoms with Crippen LogP contribution in [0.1, 0.15) is 64.4 Å². The molecule has 1 N–H and O–H groups in total. The maximum Gasteiger partial charge on any atom is 0.220 e. The standard InChI is InChI=1S/C18H29NO/c1-3-4-5-7-11-16(2)19-18(20)15-10-14-17-12-8-6-9-13-17/h6,8-9,12-13,16H,3-5,7,10-11,14-15H2,1-2H3,(H,19,20). The zero-order valence-corrected chi connectivity index (χ0v) is 13.0. The van der Waals surface area contributed by atoms with E-state index in [1.54, 1.807) is 0 Å². The summed E-state index contributed by atoms with van der Waals surface area (Å²) >= 11 is 0. The summed E-state index contributed by atoms with van der Waals surface area (Å²) in [5.74, 6) is 0.198. The van der Waals surface area contributed by atoms with Crippen molar-refractivity contribution >= 4 is 5.91 Å². The lowest BCUT2D eigenvalue weighted by Gasteiger charge is -2.13. The number of benzene rings is 1. The van der Waals surface area contributed by atoms with Gasteiger partial charge in [-0.2, -0.15) is 0 Å². The molecule has 0 bridgehead atoms. The van der Waals surface area contributed by atoms with E-state index in [1.807, 2.05) is 18.2 Å². The summed E-state index contributed by atoms with van der Waals surface area (Å²) in [7, 11) is 0. The minimum absolute atomic E-state index is 0.198. The van der Waals surface area contributed by atoms with Crippen LogP contribution in [0.25, 0.3) is 0 Å². The van der Waals surface area contributed by atoms with Crippen LogP contribution < -0.4 is 5.32 Å². The Morgan fingerprint density at radius 2 is 1.85 bits per heavy atom. The lowest BCUT2D eigenvalue weighted by Crippen LogP contribution is -2.32. The molecule has 0 fully saturated rings. The van der Waals surface area contributed by atoms with Crippen molar-refractivity contribution in [3.63, 3.8) is 0 Å². The van der Waals surface area contributed by atoms with Gasteiger partial charge in [0.1, 0.15) is 0 Å². The van der Waals surface area contributed by atoms with Crippen molar-refractivity contribution in [2.24, 2.45) is 0 Å². The smallest absolute Gasteiger partial charge is 0.220 e. The topological polar surface area (TPSA) is 29.1 Å². The van der Waals surface area contributed by atoms with Gasteiger partial charge in [-0.25, -0.2) is 0 Å². The molecule has 0 saturated heterocycles. The number of hydrogen-bond donors (Lipinski definition) is 1. The first-order valence-electron chi connectivity index (χ1n) is 8.05. The van der Waals surface area contributed by atoms with E-state index in [4.69, 9.17) is 0 Å². The molecule has 1 atom stereocenters. The van der Waals surface area contributed by atoms with E-state index < -0.39 is 0 Å². The molecule has 1 amide bonds. The molecule has 1 rings (SSSR count). The van der Waals surface area contributed by atoms with E-state index >= 15 is 0 Å². The molecule has 0 radical (unpaired) electrons. The average Bonchev–Trinajstić information content (AvgIpc) is 2.45. The molecule has 0 aromatic heterocycles. The van der Waals surface area contributed by atoms with E-state index in [0.29, 0.717) is 12.5 Å². The zero-order chi connectivity index (χ0) is 14.6. The van der Waals surface area contributed by atoms with E-state index in [0.717, 1.165) is 19.3 Å². The van der Waals surface area contributed by atoms with Crippen molar-refractivity contribution < 1.29 is 4.79 Å². The van der Waals surface area contributed by atoms with Crippen molar-refractivity contribution in [2.75, 3.05) is 0 Å². The SMILES string of the molecule is CCCCCCC(C)NC(=O)CCCc1ccccc1. The summed E-state index contributed by atoms with van der Waals surface area (Å²) in [6.07, 6.45) is 8.72. The highest BCUT2D eigenvalue weighted by Crippen LogP contribution is 2.07. The third-order valence-corrected chi connectivity index (χ3v) is 3.61. The van der Waals surface area contributed by atoms with Gasteiger partial charge in [-0.05, 0) is 31.7 Å². The highest BCUT2D eigenvalue weighted by molar-refractivity contribution is 5.76. The lowest BCUT2D eigenvalue weighted by molar-refractivity contribution is -0.121. The van der Waals surface area contributed by atoms with Crippen LogP contribution in [-0.2, 0) is 11.2 Å². The number of aryl methyl sites for hydroxylation is 1. The largest absolute Gasteiger partial charge is 0.354 e. The van der Waals surface area contributed by atoms with Gasteiger partial charge in [-0.15, -0.1) is 0 Å². The van der Waals surface area contributed by atoms with E-state index in [-0.39, 0.29) is 5.91 Å². The third kappa shape index (κ3) is 7.98. The van der Waals surface area contributed by atoms with Crippen LogP contribution in [0.5, 0.6) is 0 Å². The number of carbonyl (C=O) groups is 1. The van der Waals surface area contributed by atoms with Gasteiger partial charge in [0, 0.05) is 12.5 Å². The summed E-state index contributed by atoms with van der Waals surface area (Å²) < 4.78 is 0. The number of unbranched alkanes of at least 4 members (excludes halogenated alkanes) is 3. The number of hydrogen-bond acceptors (Lipinski definition) is 1. The number of nitrogens with one attached hydrogen (secondary N) is 1. The van der Waals surface area contributed by atoms with Crippen LogP contribution in [0.15, 0.2) is 30.3 Å². The fourth-order valence-corrected chi connectivity index (χ4v) is 2.39. The Kier molecular flexibility index (Phi) is 8.77. The van der Waals surface area contributed by atoms with Gasteiger partial charge < -0.3 is 5.32 Å². The molecular formula is C18H29NO. The summed E-state index contributed by atoms with van der Waals surface area (Å²) in [4.78, 5) is 11.8. The van der Waals surface area contributed by atoms with Crippen LogP contribution in [-0.4, -0.2) is 11.9 Å². The molecule has 1 aromatic rings. The Labute approximate surface area is 124 Å². The quantitative estimate of drug-likeness (QED) is 0.626. The van der Waals surface area contributed by atoms with Crippen molar-refractivity contribution in [1.29, 1.82) is 0 Å². The van der Waals surface area contributed by atoms with Gasteiger partial charge in [0.25, 0.3) is 0 Å². The Balaban J connectivity index is 2.07. The molecule has 0 heterocycles. The van der Waals surface area contributed by atoms with Gasteiger partial charge in [0.15, 0.2) is 0 Å². The van der Waals surface area contributed by atoms with Crippen molar-refractivity contribution in [3.05, 3.63) is 35.9 Å². The highest BCUT2D eigenvalue weighted by Gasteiger charge is 2.06. The molecular weight excluding hydrogens is 246 g/mol. The summed E-state index contributed by atoms with van der Waals surface area (Å²) in [5, 5.41) is 3.10. The average molecular weight is 275 g/mol. The number of amides is 1. The van der Waals surface area contributed by atoms with Crippen LogP contribution in [0, 0.1) is 0 Å². The van der Waals surface area contributed by atoms with Gasteiger partial charge in [-0.1, -0.05) is 62.9 Å². The molecule has 1 unspecified atom stereocenters. The monoisotopic (exact) mass is 275 g/mol. The molecule has 0 aliphatic rings. The summed E-state index contributed by atoms with van der Waals surface area (Å²) in [6, 6.07) is 10.7. The maximum absolute atomic E-state index is 11.8. The highest BCUT2D eigenvalue weighted by atomic mass is 16.1. The van der Waals surface area contributed by atoms with Gasteiger partial charge >= 0.3 is 0 Å². The molecule has 20 heavy (non-hydrogen) atoms. The molecule has 0 aliphatic heterocycles. The maximum atomic E-state index is 11.8. The lowest BCUT2D eigenvalue weighted by atomic mass is 10.1. The van der Waals surface area contributed by atoms with Crippen molar-refractivity contribution in [2.45, 2.75) is 71.3 Å². The predicted octanol–water partition coefficient (Wildman–Crippen LogP) is 4.48. The van der Waals surface area contributed by atoms with E-state index in [2.05, 4.69) is 31.3 Å². The van der Waals surface area contributed by atoms with Gasteiger partial charge in [0.2, 0.25) is 5.91 Å². The Morgan fingerprint density at radius 1 is 1.10 bits per heavy atom. The molecule has 2 nitrogen and oxygen atoms in total. The fraction of sp³-hybridized carbons (Fsp3) is 0.611. The first-order valence-corrected chi connectivity index (χ1v) is 8.05. The normalized spacial score (nSPS) is 12.1. The second-order valence-electron chi connectivity index (χ2n) is 5.66. The van der Waals surface area contributed by atoms with E-state index in [9.17, 15) is 4.79 Å². The molecule has 2 heteroatoms. The van der Waals surface area contributed by atoms with Crippen LogP contribution in [0.4, 0.5) is 0 Å². The molecule has 0 aliphatic carbocycles. The second-order valence-corrected chi connectivity index (χ2v) is 5.66. The fourth-order valence-electron chi connectivity index (χ4n) is 2.39. The predicted molar refractivity (Wildman–Crippen MR) is 85.7 cm³/mol. The van der Waals surface area contributed by atoms with Crippen LogP contribution >= 0.6 is 0 Å². The minimum Gasteiger partial charge on any atom is -0.354 e. The van der Waals surface area contributed by atoms with Crippen LogP contribution in [0.2, 0.25) is 0 Å².